The van der Waals surface area contributed by atoms with Crippen molar-refractivity contribution < 1.29 is 14.3 Å². The summed E-state index contributed by atoms with van der Waals surface area (Å²) >= 11 is 0. The summed E-state index contributed by atoms with van der Waals surface area (Å²) in [6, 6.07) is 14.4. The average Bonchev–Trinajstić information content (AvgIpc) is 3.32. The van der Waals surface area contributed by atoms with Crippen molar-refractivity contribution in [2.24, 2.45) is 0 Å². The molecule has 5 rings (SSSR count). The Balaban J connectivity index is 1.55. The number of nitrogens with zero attached hydrogens (tertiary/aromatic N) is 3. The van der Waals surface area contributed by atoms with E-state index in [0.717, 1.165) is 71.3 Å². The molecule has 1 amide bonds. The van der Waals surface area contributed by atoms with Gasteiger partial charge >= 0.3 is 0 Å². The van der Waals surface area contributed by atoms with Crippen LogP contribution < -0.4 is 10.6 Å². The van der Waals surface area contributed by atoms with Gasteiger partial charge < -0.3 is 25.0 Å². The Morgan fingerprint density at radius 2 is 2.00 bits per heavy atom. The predicted molar refractivity (Wildman–Crippen MR) is 135 cm³/mol. The van der Waals surface area contributed by atoms with Gasteiger partial charge in [-0.25, -0.2) is 4.98 Å². The number of rotatable bonds is 5. The molecule has 2 saturated heterocycles. The molecule has 2 fully saturated rings. The quantitative estimate of drug-likeness (QED) is 0.622. The number of aryl methyl sites for hydroxylation is 1. The van der Waals surface area contributed by atoms with Gasteiger partial charge in [-0.3, -0.25) is 4.79 Å². The highest BCUT2D eigenvalue weighted by atomic mass is 16.5. The minimum atomic E-state index is 0.0720. The number of benzene rings is 2. The van der Waals surface area contributed by atoms with Crippen LogP contribution in [-0.4, -0.2) is 68.4 Å². The Morgan fingerprint density at radius 1 is 1.18 bits per heavy atom. The molecule has 2 aliphatic rings. The molecular weight excluding hydrogens is 428 g/mol. The number of anilines is 2. The van der Waals surface area contributed by atoms with E-state index in [1.54, 1.807) is 7.11 Å². The maximum absolute atomic E-state index is 13.7. The Morgan fingerprint density at radius 3 is 2.79 bits per heavy atom. The predicted octanol–water partition coefficient (Wildman–Crippen LogP) is 3.88. The summed E-state index contributed by atoms with van der Waals surface area (Å²) in [5.41, 5.74) is 11.9. The lowest BCUT2D eigenvalue weighted by atomic mass is 9.93. The smallest absolute Gasteiger partial charge is 0.254 e. The van der Waals surface area contributed by atoms with Gasteiger partial charge in [0.2, 0.25) is 0 Å². The van der Waals surface area contributed by atoms with E-state index in [9.17, 15) is 4.79 Å². The van der Waals surface area contributed by atoms with Crippen LogP contribution in [0.3, 0.4) is 0 Å². The number of nitrogens with two attached hydrogens (primary N) is 1. The minimum Gasteiger partial charge on any atom is -0.383 e. The third kappa shape index (κ3) is 4.21. The first-order valence-electron chi connectivity index (χ1n) is 12.0. The number of pyridine rings is 1. The minimum absolute atomic E-state index is 0.0720. The highest BCUT2D eigenvalue weighted by molar-refractivity contribution is 6.03. The lowest BCUT2D eigenvalue weighted by Gasteiger charge is -2.29. The zero-order valence-corrected chi connectivity index (χ0v) is 19.9. The Kier molecular flexibility index (Phi) is 6.39. The van der Waals surface area contributed by atoms with E-state index in [-0.39, 0.29) is 11.9 Å². The number of methoxy groups -OCH3 is 1. The topological polar surface area (TPSA) is 80.9 Å². The molecule has 0 bridgehead atoms. The SMILES string of the molecule is COC[C@H]1CCCN1C(=O)c1cccc(C)c1-c1ccc2nc(N)c(N3CCOCC3)cc2c1. The summed E-state index contributed by atoms with van der Waals surface area (Å²) in [5.74, 6) is 0.606. The molecule has 0 spiro atoms. The standard InChI is InChI=1S/C27H32N4O3/c1-18-5-3-7-22(27(32)31-10-4-6-21(31)17-33-2)25(18)19-8-9-23-20(15-19)16-24(26(28)29-23)30-11-13-34-14-12-30/h3,5,7-9,15-16,21H,4,6,10-14,17H2,1-2H3,(H2,28,29)/t21-/m1/s1. The summed E-state index contributed by atoms with van der Waals surface area (Å²) in [6.45, 7) is 6.37. The molecule has 3 heterocycles. The Labute approximate surface area is 200 Å². The third-order valence-corrected chi connectivity index (χ3v) is 6.96. The molecule has 1 atom stereocenters. The fraction of sp³-hybridized carbons (Fsp3) is 0.407. The molecule has 7 heteroatoms. The number of amides is 1. The first-order chi connectivity index (χ1) is 16.6. The van der Waals surface area contributed by atoms with Crippen molar-refractivity contribution in [1.29, 1.82) is 0 Å². The van der Waals surface area contributed by atoms with Gasteiger partial charge in [-0.1, -0.05) is 18.2 Å². The van der Waals surface area contributed by atoms with Gasteiger partial charge in [0.15, 0.2) is 0 Å². The molecule has 2 N–H and O–H groups in total. The van der Waals surface area contributed by atoms with Crippen molar-refractivity contribution >= 4 is 28.3 Å². The lowest BCUT2D eigenvalue weighted by molar-refractivity contribution is 0.0631. The monoisotopic (exact) mass is 460 g/mol. The highest BCUT2D eigenvalue weighted by Gasteiger charge is 2.31. The second-order valence-corrected chi connectivity index (χ2v) is 9.15. The van der Waals surface area contributed by atoms with E-state index in [0.29, 0.717) is 25.6 Å². The Bertz CT molecular complexity index is 1210. The number of carbonyl (C=O) groups is 1. The third-order valence-electron chi connectivity index (χ3n) is 6.96. The first-order valence-corrected chi connectivity index (χ1v) is 12.0. The van der Waals surface area contributed by atoms with Crippen molar-refractivity contribution in [1.82, 2.24) is 9.88 Å². The number of morpholine rings is 1. The van der Waals surface area contributed by atoms with Crippen LogP contribution in [0.25, 0.3) is 22.0 Å². The molecule has 3 aromatic rings. The summed E-state index contributed by atoms with van der Waals surface area (Å²) in [7, 11) is 1.69. The van der Waals surface area contributed by atoms with E-state index in [4.69, 9.17) is 15.2 Å². The largest absolute Gasteiger partial charge is 0.383 e. The number of hydrogen-bond acceptors (Lipinski definition) is 6. The number of likely N-dealkylation sites (tertiary alicyclic amines) is 1. The van der Waals surface area contributed by atoms with Gasteiger partial charge in [-0.15, -0.1) is 0 Å². The fourth-order valence-electron chi connectivity index (χ4n) is 5.25. The zero-order valence-electron chi connectivity index (χ0n) is 19.9. The van der Waals surface area contributed by atoms with Gasteiger partial charge in [-0.2, -0.15) is 0 Å². The second-order valence-electron chi connectivity index (χ2n) is 9.15. The molecule has 0 aliphatic carbocycles. The normalized spacial score (nSPS) is 18.6. The van der Waals surface area contributed by atoms with E-state index >= 15 is 0 Å². The molecular formula is C27H32N4O3. The van der Waals surface area contributed by atoms with Crippen molar-refractivity contribution in [3.8, 4) is 11.1 Å². The Hall–Kier alpha value is -3.16. The summed E-state index contributed by atoms with van der Waals surface area (Å²) in [4.78, 5) is 22.5. The van der Waals surface area contributed by atoms with Crippen LogP contribution in [0.4, 0.5) is 11.5 Å². The molecule has 7 nitrogen and oxygen atoms in total. The maximum atomic E-state index is 13.7. The summed E-state index contributed by atoms with van der Waals surface area (Å²) in [6.07, 6.45) is 1.99. The van der Waals surface area contributed by atoms with Crippen LogP contribution >= 0.6 is 0 Å². The van der Waals surface area contributed by atoms with Crippen LogP contribution in [0.5, 0.6) is 0 Å². The van der Waals surface area contributed by atoms with Gasteiger partial charge in [0.05, 0.1) is 37.1 Å². The van der Waals surface area contributed by atoms with Crippen LogP contribution in [-0.2, 0) is 9.47 Å². The lowest BCUT2D eigenvalue weighted by Crippen LogP contribution is -2.38. The summed E-state index contributed by atoms with van der Waals surface area (Å²) in [5, 5.41) is 1.01. The number of ether oxygens (including phenoxy) is 2. The van der Waals surface area contributed by atoms with Crippen molar-refractivity contribution in [2.45, 2.75) is 25.8 Å². The molecule has 0 unspecified atom stereocenters. The molecule has 34 heavy (non-hydrogen) atoms. The molecule has 1 aromatic heterocycles. The van der Waals surface area contributed by atoms with Crippen molar-refractivity contribution in [2.75, 3.05) is 57.2 Å². The molecule has 178 valence electrons. The van der Waals surface area contributed by atoms with Gasteiger partial charge in [-0.05, 0) is 60.7 Å². The number of hydrogen-bond donors (Lipinski definition) is 1. The number of carbonyl (C=O) groups excluding carboxylic acids is 1. The maximum Gasteiger partial charge on any atom is 0.254 e. The number of aromatic nitrogens is 1. The van der Waals surface area contributed by atoms with Crippen LogP contribution in [0.15, 0.2) is 42.5 Å². The van der Waals surface area contributed by atoms with Gasteiger partial charge in [0, 0.05) is 37.7 Å². The highest BCUT2D eigenvalue weighted by Crippen LogP contribution is 2.34. The molecule has 0 radical (unpaired) electrons. The van der Waals surface area contributed by atoms with Gasteiger partial charge in [0.25, 0.3) is 5.91 Å². The average molecular weight is 461 g/mol. The van der Waals surface area contributed by atoms with E-state index in [1.165, 1.54) is 0 Å². The van der Waals surface area contributed by atoms with Crippen molar-refractivity contribution in [3.05, 3.63) is 53.6 Å². The number of nitrogen functional groups attached to an aromatic ring is 1. The molecule has 2 aromatic carbocycles. The number of fused-ring (bicyclic) bond motifs is 1. The van der Waals surface area contributed by atoms with E-state index in [2.05, 4.69) is 35.0 Å². The fourth-order valence-corrected chi connectivity index (χ4v) is 5.25. The van der Waals surface area contributed by atoms with Crippen molar-refractivity contribution in [3.63, 3.8) is 0 Å². The second kappa shape index (κ2) is 9.60. The molecule has 0 saturated carbocycles. The van der Waals surface area contributed by atoms with Gasteiger partial charge in [0.1, 0.15) is 5.82 Å². The molecule has 2 aliphatic heterocycles. The first kappa shape index (κ1) is 22.6. The van der Waals surface area contributed by atoms with Crippen LogP contribution in [0.2, 0.25) is 0 Å². The van der Waals surface area contributed by atoms with E-state index in [1.807, 2.05) is 29.2 Å². The zero-order chi connectivity index (χ0) is 23.7. The van der Waals surface area contributed by atoms with E-state index < -0.39 is 0 Å². The van der Waals surface area contributed by atoms with Crippen LogP contribution in [0, 0.1) is 6.92 Å². The summed E-state index contributed by atoms with van der Waals surface area (Å²) < 4.78 is 10.9. The van der Waals surface area contributed by atoms with Crippen LogP contribution in [0.1, 0.15) is 28.8 Å².